The van der Waals surface area contributed by atoms with Crippen LogP contribution in [0.5, 0.6) is 0 Å². The van der Waals surface area contributed by atoms with E-state index in [9.17, 15) is 9.90 Å². The van der Waals surface area contributed by atoms with Crippen LogP contribution in [0.1, 0.15) is 0 Å². The van der Waals surface area contributed by atoms with Gasteiger partial charge in [0.15, 0.2) is 6.23 Å². The second-order valence-corrected chi connectivity index (χ2v) is 3.17. The third-order valence-corrected chi connectivity index (χ3v) is 2.43. The van der Waals surface area contributed by atoms with Gasteiger partial charge in [-0.3, -0.25) is 4.79 Å². The van der Waals surface area contributed by atoms with Crippen LogP contribution in [0.3, 0.4) is 0 Å². The van der Waals surface area contributed by atoms with Gasteiger partial charge in [-0.05, 0) is 0 Å². The van der Waals surface area contributed by atoms with Gasteiger partial charge in [-0.25, -0.2) is 0 Å². The summed E-state index contributed by atoms with van der Waals surface area (Å²) in [6.07, 6.45) is -1.09. The van der Waals surface area contributed by atoms with E-state index in [1.165, 1.54) is 4.90 Å². The molecule has 4 nitrogen and oxygen atoms in total. The fraction of sp³-hybridized carbons (Fsp3) is 0.500. The maximum atomic E-state index is 11.2. The van der Waals surface area contributed by atoms with Gasteiger partial charge in [-0.1, -0.05) is 23.2 Å². The molecule has 12 heavy (non-hydrogen) atoms. The number of aliphatic hydroxyl groups is 1. The SMILES string of the molecule is [NH3+]CCN1C(=O)C(Cl)=C(Cl)C1O. The van der Waals surface area contributed by atoms with Crippen LogP contribution in [0.25, 0.3) is 0 Å². The molecule has 4 N–H and O–H groups in total. The van der Waals surface area contributed by atoms with Crippen LogP contribution in [-0.4, -0.2) is 35.2 Å². The average molecular weight is 212 g/mol. The molecule has 1 atom stereocenters. The van der Waals surface area contributed by atoms with Gasteiger partial charge >= 0.3 is 0 Å². The lowest BCUT2D eigenvalue weighted by Crippen LogP contribution is -2.56. The van der Waals surface area contributed by atoms with Gasteiger partial charge in [0.05, 0.1) is 18.1 Å². The van der Waals surface area contributed by atoms with Crippen molar-refractivity contribution in [1.29, 1.82) is 0 Å². The van der Waals surface area contributed by atoms with Gasteiger partial charge < -0.3 is 15.7 Å². The molecule has 1 aliphatic rings. The van der Waals surface area contributed by atoms with Crippen LogP contribution in [0, 0.1) is 0 Å². The van der Waals surface area contributed by atoms with Gasteiger partial charge in [0.2, 0.25) is 0 Å². The molecular weight excluding hydrogens is 203 g/mol. The van der Waals surface area contributed by atoms with E-state index in [1.807, 2.05) is 0 Å². The Labute approximate surface area is 79.5 Å². The summed E-state index contributed by atoms with van der Waals surface area (Å²) in [6, 6.07) is 0. The highest BCUT2D eigenvalue weighted by atomic mass is 35.5. The summed E-state index contributed by atoms with van der Waals surface area (Å²) < 4.78 is 0. The van der Waals surface area contributed by atoms with E-state index < -0.39 is 12.1 Å². The Morgan fingerprint density at radius 1 is 1.58 bits per heavy atom. The maximum Gasteiger partial charge on any atom is 0.269 e. The topological polar surface area (TPSA) is 68.2 Å². The van der Waals surface area contributed by atoms with Crippen LogP contribution < -0.4 is 5.73 Å². The normalized spacial score (nSPS) is 24.2. The van der Waals surface area contributed by atoms with Gasteiger partial charge in [0.1, 0.15) is 5.03 Å². The van der Waals surface area contributed by atoms with Crippen molar-refractivity contribution in [1.82, 2.24) is 4.90 Å². The molecule has 0 aromatic rings. The van der Waals surface area contributed by atoms with Crippen LogP contribution >= 0.6 is 23.2 Å². The van der Waals surface area contributed by atoms with Crippen molar-refractivity contribution >= 4 is 29.1 Å². The number of nitrogens with zero attached hydrogens (tertiary/aromatic N) is 1. The summed E-state index contributed by atoms with van der Waals surface area (Å²) in [6.45, 7) is 0.865. The average Bonchev–Trinajstić information content (AvgIpc) is 2.23. The smallest absolute Gasteiger partial charge is 0.269 e. The Kier molecular flexibility index (Phi) is 2.95. The summed E-state index contributed by atoms with van der Waals surface area (Å²) in [5.74, 6) is -0.433. The first-order valence-electron chi connectivity index (χ1n) is 3.43. The van der Waals surface area contributed by atoms with Crippen molar-refractivity contribution in [3.63, 3.8) is 0 Å². The van der Waals surface area contributed by atoms with E-state index in [0.29, 0.717) is 13.1 Å². The molecule has 0 saturated heterocycles. The van der Waals surface area contributed by atoms with Crippen molar-refractivity contribution in [3.05, 3.63) is 10.1 Å². The lowest BCUT2D eigenvalue weighted by Gasteiger charge is -2.18. The van der Waals surface area contributed by atoms with E-state index in [4.69, 9.17) is 23.2 Å². The number of carbonyl (C=O) groups is 1. The minimum absolute atomic E-state index is 0.00452. The zero-order valence-corrected chi connectivity index (χ0v) is 7.77. The zero-order valence-electron chi connectivity index (χ0n) is 6.26. The number of amides is 1. The fourth-order valence-electron chi connectivity index (χ4n) is 0.984. The number of hydrogen-bond acceptors (Lipinski definition) is 2. The quantitative estimate of drug-likeness (QED) is 0.621. The van der Waals surface area contributed by atoms with Crippen LogP contribution in [0.2, 0.25) is 0 Å². The van der Waals surface area contributed by atoms with Crippen molar-refractivity contribution in [2.45, 2.75) is 6.23 Å². The molecule has 68 valence electrons. The molecule has 0 saturated carbocycles. The van der Waals surface area contributed by atoms with Crippen molar-refractivity contribution in [3.8, 4) is 0 Å². The van der Waals surface area contributed by atoms with Gasteiger partial charge in [0.25, 0.3) is 5.91 Å². The third-order valence-electron chi connectivity index (χ3n) is 1.58. The minimum atomic E-state index is -1.09. The molecule has 0 fully saturated rings. The molecule has 0 aliphatic carbocycles. The molecule has 1 rings (SSSR count). The van der Waals surface area contributed by atoms with Crippen LogP contribution in [0.15, 0.2) is 10.1 Å². The highest BCUT2D eigenvalue weighted by Gasteiger charge is 2.36. The number of halogens is 2. The lowest BCUT2D eigenvalue weighted by atomic mass is 10.5. The second-order valence-electron chi connectivity index (χ2n) is 2.39. The summed E-state index contributed by atoms with van der Waals surface area (Å²) in [5, 5.41) is 9.23. The summed E-state index contributed by atoms with van der Waals surface area (Å²) in [5.41, 5.74) is 3.56. The summed E-state index contributed by atoms with van der Waals surface area (Å²) in [7, 11) is 0. The van der Waals surface area contributed by atoms with Crippen LogP contribution in [-0.2, 0) is 4.79 Å². The summed E-state index contributed by atoms with van der Waals surface area (Å²) >= 11 is 11.1. The molecule has 0 aromatic carbocycles. The van der Waals surface area contributed by atoms with E-state index in [1.54, 1.807) is 0 Å². The van der Waals surface area contributed by atoms with E-state index in [2.05, 4.69) is 5.73 Å². The fourth-order valence-corrected chi connectivity index (χ4v) is 1.39. The first-order valence-corrected chi connectivity index (χ1v) is 4.18. The molecule has 1 aliphatic heterocycles. The van der Waals surface area contributed by atoms with Crippen molar-refractivity contribution < 1.29 is 15.6 Å². The van der Waals surface area contributed by atoms with Gasteiger partial charge in [-0.2, -0.15) is 0 Å². The molecule has 1 unspecified atom stereocenters. The predicted molar refractivity (Wildman–Crippen MR) is 44.2 cm³/mol. The number of quaternary nitrogens is 1. The van der Waals surface area contributed by atoms with Gasteiger partial charge in [0, 0.05) is 0 Å². The number of rotatable bonds is 2. The molecule has 1 amide bonds. The van der Waals surface area contributed by atoms with Crippen molar-refractivity contribution in [2.75, 3.05) is 13.1 Å². The molecule has 6 heteroatoms. The summed E-state index contributed by atoms with van der Waals surface area (Å²) in [4.78, 5) is 12.4. The Morgan fingerprint density at radius 3 is 2.50 bits per heavy atom. The Morgan fingerprint density at radius 2 is 2.17 bits per heavy atom. The Bertz CT molecular complexity index is 242. The monoisotopic (exact) mass is 211 g/mol. The first-order chi connectivity index (χ1) is 5.59. The predicted octanol–water partition coefficient (Wildman–Crippen LogP) is -0.922. The molecule has 0 spiro atoms. The van der Waals surface area contributed by atoms with E-state index in [-0.39, 0.29) is 10.1 Å². The van der Waals surface area contributed by atoms with Gasteiger partial charge in [-0.15, -0.1) is 0 Å². The number of carbonyl (C=O) groups excluding carboxylic acids is 1. The van der Waals surface area contributed by atoms with E-state index in [0.717, 1.165) is 0 Å². The van der Waals surface area contributed by atoms with E-state index >= 15 is 0 Å². The maximum absolute atomic E-state index is 11.2. The lowest BCUT2D eigenvalue weighted by molar-refractivity contribution is -0.369. The molecule has 0 radical (unpaired) electrons. The minimum Gasteiger partial charge on any atom is -0.368 e. The standard InChI is InChI=1S/C6H8Cl2N2O2/c7-3-4(8)6(12)10(2-1-9)5(3)11/h5,11H,1-2,9H2/p+1. The van der Waals surface area contributed by atoms with Crippen molar-refractivity contribution in [2.24, 2.45) is 0 Å². The first kappa shape index (κ1) is 9.80. The highest BCUT2D eigenvalue weighted by Crippen LogP contribution is 2.29. The zero-order chi connectivity index (χ0) is 9.30. The largest absolute Gasteiger partial charge is 0.368 e. The highest BCUT2D eigenvalue weighted by molar-refractivity contribution is 6.49. The number of aliphatic hydroxyl groups excluding tert-OH is 1. The Hall–Kier alpha value is -0.290. The molecule has 1 heterocycles. The molecule has 0 aromatic heterocycles. The van der Waals surface area contributed by atoms with Crippen LogP contribution in [0.4, 0.5) is 0 Å². The molecule has 0 bridgehead atoms. The second kappa shape index (κ2) is 3.62. The Balaban J connectivity index is 2.80. The third kappa shape index (κ3) is 1.43. The molecular formula is C6H9Cl2N2O2+. The number of hydrogen-bond donors (Lipinski definition) is 2.